The Morgan fingerprint density at radius 2 is 2.00 bits per heavy atom. The third-order valence-electron chi connectivity index (χ3n) is 7.15. The van der Waals surface area contributed by atoms with Crippen molar-refractivity contribution >= 4 is 5.78 Å². The molecule has 5 heteroatoms. The molecule has 5 nitrogen and oxygen atoms in total. The Morgan fingerprint density at radius 1 is 1.18 bits per heavy atom. The third-order valence-corrected chi connectivity index (χ3v) is 7.15. The molecule has 0 radical (unpaired) electrons. The molecule has 0 bridgehead atoms. The van der Waals surface area contributed by atoms with E-state index in [-0.39, 0.29) is 22.8 Å². The van der Waals surface area contributed by atoms with Crippen LogP contribution in [-0.2, 0) is 12.8 Å². The van der Waals surface area contributed by atoms with Crippen LogP contribution in [0.3, 0.4) is 0 Å². The fourth-order valence-corrected chi connectivity index (χ4v) is 5.27. The summed E-state index contributed by atoms with van der Waals surface area (Å²) in [6.45, 7) is 2.77. The molecule has 0 amide bonds. The Kier molecular flexibility index (Phi) is 4.86. The fraction of sp³-hybridized carbons (Fsp3) is 0.357. The first kappa shape index (κ1) is 20.3. The van der Waals surface area contributed by atoms with Gasteiger partial charge in [-0.2, -0.15) is 0 Å². The van der Waals surface area contributed by atoms with Crippen molar-refractivity contribution in [1.29, 1.82) is 0 Å². The molecule has 2 aromatic carbocycles. The zero-order chi connectivity index (χ0) is 22.5. The third kappa shape index (κ3) is 3.56. The van der Waals surface area contributed by atoms with E-state index in [0.29, 0.717) is 13.2 Å². The summed E-state index contributed by atoms with van der Waals surface area (Å²) in [7, 11) is 0. The second kappa shape index (κ2) is 7.91. The molecule has 1 saturated carbocycles. The number of ketones is 1. The number of hydrogen-bond acceptors (Lipinski definition) is 4. The monoisotopic (exact) mass is 441 g/mol. The normalized spacial score (nSPS) is 18.2. The molecular formula is C28H27NO4. The summed E-state index contributed by atoms with van der Waals surface area (Å²) < 4.78 is 14.4. The summed E-state index contributed by atoms with van der Waals surface area (Å²) in [5.74, 6) is 2.25. The van der Waals surface area contributed by atoms with E-state index in [1.54, 1.807) is 12.3 Å². The van der Waals surface area contributed by atoms with Crippen LogP contribution in [0, 0.1) is 5.92 Å². The maximum atomic E-state index is 12.9. The van der Waals surface area contributed by atoms with E-state index in [2.05, 4.69) is 22.8 Å². The van der Waals surface area contributed by atoms with E-state index in [1.807, 2.05) is 18.2 Å². The number of carbonyl (C=O) groups is 1. The zero-order valence-corrected chi connectivity index (χ0v) is 18.8. The van der Waals surface area contributed by atoms with Crippen LogP contribution in [0.1, 0.15) is 59.3 Å². The van der Waals surface area contributed by atoms with Crippen molar-refractivity contribution < 1.29 is 14.3 Å². The molecule has 1 aliphatic carbocycles. The predicted molar refractivity (Wildman–Crippen MR) is 126 cm³/mol. The molecular weight excluding hydrogens is 414 g/mol. The van der Waals surface area contributed by atoms with Gasteiger partial charge in [-0.1, -0.05) is 43.2 Å². The molecule has 0 N–H and O–H groups in total. The topological polar surface area (TPSA) is 57.5 Å². The molecule has 3 aromatic rings. The largest absolute Gasteiger partial charge is 0.490 e. The molecule has 3 heterocycles. The van der Waals surface area contributed by atoms with Crippen molar-refractivity contribution in [2.75, 3.05) is 13.2 Å². The summed E-state index contributed by atoms with van der Waals surface area (Å²) in [6.07, 6.45) is 7.02. The zero-order valence-electron chi connectivity index (χ0n) is 18.8. The van der Waals surface area contributed by atoms with Crippen molar-refractivity contribution in [3.8, 4) is 22.8 Å². The quantitative estimate of drug-likeness (QED) is 0.507. The van der Waals surface area contributed by atoms with E-state index >= 15 is 0 Å². The lowest BCUT2D eigenvalue weighted by molar-refractivity contribution is 0.101. The van der Waals surface area contributed by atoms with Crippen molar-refractivity contribution in [1.82, 2.24) is 4.57 Å². The Morgan fingerprint density at radius 3 is 2.76 bits per heavy atom. The minimum Gasteiger partial charge on any atom is -0.490 e. The average molecular weight is 442 g/mol. The Hall–Kier alpha value is -3.34. The highest BCUT2D eigenvalue weighted by Crippen LogP contribution is 2.48. The van der Waals surface area contributed by atoms with E-state index in [9.17, 15) is 9.59 Å². The van der Waals surface area contributed by atoms with E-state index in [4.69, 9.17) is 9.47 Å². The van der Waals surface area contributed by atoms with Gasteiger partial charge in [0.15, 0.2) is 22.7 Å². The van der Waals surface area contributed by atoms with Gasteiger partial charge in [-0.3, -0.25) is 9.59 Å². The standard InChI is InChI=1S/C28H27NO4/c1-17(30)22-16-29-23(19-5-3-2-4-6-19)13-20-14-26(32-11-9-18-7-8-18)28-21(10-12-33-28)27(20)24(29)15-25(22)31/h2-6,14-16,18,23H,7-13H2,1H3. The molecule has 33 heavy (non-hydrogen) atoms. The van der Waals surface area contributed by atoms with E-state index in [0.717, 1.165) is 59.1 Å². The van der Waals surface area contributed by atoms with Crippen LogP contribution in [0.25, 0.3) is 11.3 Å². The summed E-state index contributed by atoms with van der Waals surface area (Å²) in [5, 5.41) is 0. The second-order valence-corrected chi connectivity index (χ2v) is 9.43. The van der Waals surface area contributed by atoms with Gasteiger partial charge < -0.3 is 14.0 Å². The SMILES string of the molecule is CC(=O)c1cn2c(cc1=O)-c1c(cc(OCCC3CC3)c3c1CCO3)CC2c1ccccc1. The molecule has 0 spiro atoms. The lowest BCUT2D eigenvalue weighted by atomic mass is 9.85. The van der Waals surface area contributed by atoms with Crippen LogP contribution in [0.15, 0.2) is 53.5 Å². The average Bonchev–Trinajstić information content (AvgIpc) is 3.51. The number of benzene rings is 2. The highest BCUT2D eigenvalue weighted by atomic mass is 16.5. The van der Waals surface area contributed by atoms with Gasteiger partial charge in [-0.15, -0.1) is 0 Å². The number of carbonyl (C=O) groups excluding carboxylic acids is 1. The molecule has 2 aliphatic heterocycles. The highest BCUT2D eigenvalue weighted by molar-refractivity contribution is 5.94. The van der Waals surface area contributed by atoms with Gasteiger partial charge in [-0.25, -0.2) is 0 Å². The van der Waals surface area contributed by atoms with Gasteiger partial charge >= 0.3 is 0 Å². The molecule has 3 aliphatic rings. The predicted octanol–water partition coefficient (Wildman–Crippen LogP) is 4.98. The van der Waals surface area contributed by atoms with Crippen LogP contribution in [-0.4, -0.2) is 23.6 Å². The maximum absolute atomic E-state index is 12.9. The Labute approximate surface area is 193 Å². The summed E-state index contributed by atoms with van der Waals surface area (Å²) in [5.41, 5.74) is 5.36. The molecule has 1 atom stereocenters. The highest BCUT2D eigenvalue weighted by Gasteiger charge is 2.33. The number of ether oxygens (including phenoxy) is 2. The molecule has 1 aromatic heterocycles. The lowest BCUT2D eigenvalue weighted by Gasteiger charge is -2.33. The smallest absolute Gasteiger partial charge is 0.192 e. The first-order valence-electron chi connectivity index (χ1n) is 11.9. The fourth-order valence-electron chi connectivity index (χ4n) is 5.27. The number of nitrogens with zero attached hydrogens (tertiary/aromatic N) is 1. The number of aromatic nitrogens is 1. The molecule has 1 unspecified atom stereocenters. The van der Waals surface area contributed by atoms with Crippen molar-refractivity contribution in [2.45, 2.75) is 45.1 Å². The van der Waals surface area contributed by atoms with Crippen molar-refractivity contribution in [3.05, 3.63) is 81.1 Å². The number of hydrogen-bond donors (Lipinski definition) is 0. The Balaban J connectivity index is 1.52. The molecule has 6 rings (SSSR count). The number of Topliss-reactive ketones (excluding diaryl/α,β-unsaturated/α-hetero) is 1. The Bertz CT molecular complexity index is 1300. The van der Waals surface area contributed by atoms with Crippen LogP contribution in [0.5, 0.6) is 11.5 Å². The second-order valence-electron chi connectivity index (χ2n) is 9.43. The molecule has 168 valence electrons. The van der Waals surface area contributed by atoms with Crippen LogP contribution >= 0.6 is 0 Å². The number of fused-ring (bicyclic) bond motifs is 5. The summed E-state index contributed by atoms with van der Waals surface area (Å²) >= 11 is 0. The van der Waals surface area contributed by atoms with E-state index < -0.39 is 0 Å². The van der Waals surface area contributed by atoms with Gasteiger partial charge in [0.25, 0.3) is 0 Å². The minimum atomic E-state index is -0.231. The molecule has 0 saturated heterocycles. The van der Waals surface area contributed by atoms with Gasteiger partial charge in [-0.05, 0) is 42.9 Å². The minimum absolute atomic E-state index is 0.00733. The summed E-state index contributed by atoms with van der Waals surface area (Å²) in [4.78, 5) is 25.0. The van der Waals surface area contributed by atoms with Crippen LogP contribution in [0.4, 0.5) is 0 Å². The van der Waals surface area contributed by atoms with Crippen molar-refractivity contribution in [3.63, 3.8) is 0 Å². The first-order valence-corrected chi connectivity index (χ1v) is 11.9. The maximum Gasteiger partial charge on any atom is 0.192 e. The number of rotatable bonds is 6. The number of pyridine rings is 1. The van der Waals surface area contributed by atoms with Gasteiger partial charge in [0.2, 0.25) is 0 Å². The van der Waals surface area contributed by atoms with Gasteiger partial charge in [0.1, 0.15) is 0 Å². The van der Waals surface area contributed by atoms with Crippen LogP contribution < -0.4 is 14.9 Å². The van der Waals surface area contributed by atoms with Gasteiger partial charge in [0.05, 0.1) is 30.5 Å². The van der Waals surface area contributed by atoms with Gasteiger partial charge in [0, 0.05) is 29.8 Å². The van der Waals surface area contributed by atoms with Crippen LogP contribution in [0.2, 0.25) is 0 Å². The molecule has 1 fully saturated rings. The lowest BCUT2D eigenvalue weighted by Crippen LogP contribution is -2.26. The van der Waals surface area contributed by atoms with E-state index in [1.165, 1.54) is 25.3 Å². The first-order chi connectivity index (χ1) is 16.1. The summed E-state index contributed by atoms with van der Waals surface area (Å²) in [6, 6.07) is 14.0. The van der Waals surface area contributed by atoms with Crippen molar-refractivity contribution in [2.24, 2.45) is 5.92 Å².